The topological polar surface area (TPSA) is 113 Å². The number of hydrogen-bond donors (Lipinski definition) is 1. The van der Waals surface area contributed by atoms with Crippen LogP contribution >= 0.6 is 11.6 Å². The van der Waals surface area contributed by atoms with Crippen LogP contribution in [0.2, 0.25) is 5.28 Å². The lowest BCUT2D eigenvalue weighted by atomic mass is 10.2. The zero-order valence-electron chi connectivity index (χ0n) is 11.5. The average molecular weight is 316 g/mol. The van der Waals surface area contributed by atoms with Crippen molar-refractivity contribution < 1.29 is 14.8 Å². The highest BCUT2D eigenvalue weighted by Crippen LogP contribution is 2.32. The lowest BCUT2D eigenvalue weighted by Gasteiger charge is -2.38. The Morgan fingerprint density at radius 2 is 2.14 bits per heavy atom. The van der Waals surface area contributed by atoms with E-state index >= 15 is 0 Å². The standard InChI is InChI=1S/C11H14ClN5O4/c1-6-5-15(11(18)19)3-4-16(6)9-8(17(20)21)7(2)13-10(12)14-9/h6H,3-5H2,1-2H3,(H,18,19)/t6-/m0/s1. The maximum atomic E-state index is 11.2. The van der Waals surface area contributed by atoms with Gasteiger partial charge in [-0.1, -0.05) is 0 Å². The van der Waals surface area contributed by atoms with E-state index in [1.807, 2.05) is 0 Å². The van der Waals surface area contributed by atoms with E-state index in [1.54, 1.807) is 11.8 Å². The summed E-state index contributed by atoms with van der Waals surface area (Å²) in [5.74, 6) is 0.134. The van der Waals surface area contributed by atoms with Crippen molar-refractivity contribution in [2.45, 2.75) is 19.9 Å². The van der Waals surface area contributed by atoms with Gasteiger partial charge in [-0.05, 0) is 25.4 Å². The highest BCUT2D eigenvalue weighted by atomic mass is 35.5. The van der Waals surface area contributed by atoms with Crippen molar-refractivity contribution in [1.29, 1.82) is 0 Å². The summed E-state index contributed by atoms with van der Waals surface area (Å²) in [5.41, 5.74) is -0.0158. The first kappa shape index (κ1) is 15.2. The fourth-order valence-electron chi connectivity index (χ4n) is 2.38. The summed E-state index contributed by atoms with van der Waals surface area (Å²) in [4.78, 5) is 32.4. The second kappa shape index (κ2) is 5.68. The van der Waals surface area contributed by atoms with Crippen molar-refractivity contribution in [2.75, 3.05) is 24.5 Å². The summed E-state index contributed by atoms with van der Waals surface area (Å²) in [6, 6.07) is -0.251. The van der Waals surface area contributed by atoms with E-state index in [4.69, 9.17) is 16.7 Å². The number of amides is 1. The van der Waals surface area contributed by atoms with Crippen LogP contribution in [0.3, 0.4) is 0 Å². The number of aryl methyl sites for hydroxylation is 1. The van der Waals surface area contributed by atoms with E-state index in [1.165, 1.54) is 11.8 Å². The number of nitro groups is 1. The number of rotatable bonds is 2. The van der Waals surface area contributed by atoms with Crippen LogP contribution in [0.5, 0.6) is 0 Å². The summed E-state index contributed by atoms with van der Waals surface area (Å²) in [6.07, 6.45) is -1.01. The van der Waals surface area contributed by atoms with E-state index in [-0.39, 0.29) is 41.6 Å². The molecule has 1 amide bonds. The molecule has 0 saturated carbocycles. The van der Waals surface area contributed by atoms with E-state index in [9.17, 15) is 14.9 Å². The van der Waals surface area contributed by atoms with Crippen LogP contribution in [0.1, 0.15) is 12.6 Å². The minimum Gasteiger partial charge on any atom is -0.465 e. The molecule has 1 fully saturated rings. The van der Waals surface area contributed by atoms with Gasteiger partial charge in [0, 0.05) is 25.7 Å². The van der Waals surface area contributed by atoms with Crippen molar-refractivity contribution in [3.8, 4) is 0 Å². The highest BCUT2D eigenvalue weighted by molar-refractivity contribution is 6.28. The number of carbonyl (C=O) groups is 1. The Morgan fingerprint density at radius 1 is 1.48 bits per heavy atom. The largest absolute Gasteiger partial charge is 0.465 e. The summed E-state index contributed by atoms with van der Waals surface area (Å²) >= 11 is 5.80. The van der Waals surface area contributed by atoms with Gasteiger partial charge in [0.05, 0.1) is 4.92 Å². The molecule has 1 N–H and O–H groups in total. The molecule has 0 bridgehead atoms. The van der Waals surface area contributed by atoms with Crippen LogP contribution < -0.4 is 4.90 Å². The Kier molecular flexibility index (Phi) is 4.12. The Bertz CT molecular complexity index is 596. The van der Waals surface area contributed by atoms with Crippen molar-refractivity contribution >= 4 is 29.2 Å². The van der Waals surface area contributed by atoms with Crippen LogP contribution in [0, 0.1) is 17.0 Å². The molecule has 0 unspecified atom stereocenters. The number of piperazine rings is 1. The van der Waals surface area contributed by atoms with E-state index in [0.29, 0.717) is 6.54 Å². The van der Waals surface area contributed by atoms with Crippen LogP contribution in [0.15, 0.2) is 0 Å². The zero-order chi connectivity index (χ0) is 15.7. The lowest BCUT2D eigenvalue weighted by Crippen LogP contribution is -2.53. The van der Waals surface area contributed by atoms with Gasteiger partial charge in [-0.2, -0.15) is 4.98 Å². The van der Waals surface area contributed by atoms with Crippen molar-refractivity contribution in [1.82, 2.24) is 14.9 Å². The van der Waals surface area contributed by atoms with E-state index < -0.39 is 11.0 Å². The normalized spacial score (nSPS) is 18.7. The number of aromatic nitrogens is 2. The molecular formula is C11H14ClN5O4. The van der Waals surface area contributed by atoms with Gasteiger partial charge in [-0.3, -0.25) is 10.1 Å². The molecule has 0 radical (unpaired) electrons. The number of nitrogens with zero attached hydrogens (tertiary/aromatic N) is 5. The minimum atomic E-state index is -1.01. The second-order valence-corrected chi connectivity index (χ2v) is 5.12. The lowest BCUT2D eigenvalue weighted by molar-refractivity contribution is -0.385. The number of hydrogen-bond acceptors (Lipinski definition) is 6. The summed E-state index contributed by atoms with van der Waals surface area (Å²) in [6.45, 7) is 4.07. The monoisotopic (exact) mass is 315 g/mol. The van der Waals surface area contributed by atoms with Gasteiger partial charge in [0.25, 0.3) is 0 Å². The van der Waals surface area contributed by atoms with Crippen molar-refractivity contribution in [3.05, 3.63) is 21.1 Å². The predicted molar refractivity (Wildman–Crippen MR) is 74.8 cm³/mol. The maximum absolute atomic E-state index is 11.2. The molecule has 1 aliphatic rings. The Balaban J connectivity index is 2.38. The summed E-state index contributed by atoms with van der Waals surface area (Å²) in [5, 5.41) is 20.2. The van der Waals surface area contributed by atoms with Crippen LogP contribution in [0.25, 0.3) is 0 Å². The SMILES string of the molecule is Cc1nc(Cl)nc(N2CCN(C(=O)O)C[C@@H]2C)c1[N+](=O)[O-]. The van der Waals surface area contributed by atoms with E-state index in [2.05, 4.69) is 9.97 Å². The molecule has 0 aliphatic carbocycles. The first-order valence-electron chi connectivity index (χ1n) is 6.24. The van der Waals surface area contributed by atoms with Crippen LogP contribution in [0.4, 0.5) is 16.3 Å². The molecule has 1 aromatic heterocycles. The number of carboxylic acid groups (broad SMARTS) is 1. The average Bonchev–Trinajstić information content (AvgIpc) is 2.36. The molecule has 10 heteroatoms. The van der Waals surface area contributed by atoms with E-state index in [0.717, 1.165) is 0 Å². The molecule has 1 saturated heterocycles. The fraction of sp³-hybridized carbons (Fsp3) is 0.545. The third-order valence-electron chi connectivity index (χ3n) is 3.37. The summed E-state index contributed by atoms with van der Waals surface area (Å²) < 4.78 is 0. The Hall–Kier alpha value is -2.16. The molecule has 2 rings (SSSR count). The molecule has 21 heavy (non-hydrogen) atoms. The van der Waals surface area contributed by atoms with Gasteiger partial charge in [-0.15, -0.1) is 0 Å². The van der Waals surface area contributed by atoms with Crippen LogP contribution in [-0.4, -0.2) is 56.7 Å². The fourth-order valence-corrected chi connectivity index (χ4v) is 2.59. The first-order valence-corrected chi connectivity index (χ1v) is 6.62. The van der Waals surface area contributed by atoms with Gasteiger partial charge in [0.1, 0.15) is 5.69 Å². The Morgan fingerprint density at radius 3 is 2.67 bits per heavy atom. The third-order valence-corrected chi connectivity index (χ3v) is 3.53. The molecule has 9 nitrogen and oxygen atoms in total. The maximum Gasteiger partial charge on any atom is 0.407 e. The van der Waals surface area contributed by atoms with Gasteiger partial charge < -0.3 is 14.9 Å². The molecule has 114 valence electrons. The summed E-state index contributed by atoms with van der Waals surface area (Å²) in [7, 11) is 0. The molecule has 1 atom stereocenters. The molecule has 1 aromatic rings. The molecule has 1 aliphatic heterocycles. The Labute approximate surface area is 125 Å². The molecular weight excluding hydrogens is 302 g/mol. The quantitative estimate of drug-likeness (QED) is 0.500. The second-order valence-electron chi connectivity index (χ2n) is 4.78. The van der Waals surface area contributed by atoms with Gasteiger partial charge in [-0.25, -0.2) is 9.78 Å². The zero-order valence-corrected chi connectivity index (χ0v) is 12.2. The van der Waals surface area contributed by atoms with Gasteiger partial charge >= 0.3 is 11.8 Å². The number of anilines is 1. The number of halogens is 1. The van der Waals surface area contributed by atoms with Crippen molar-refractivity contribution in [3.63, 3.8) is 0 Å². The minimum absolute atomic E-state index is 0.0686. The van der Waals surface area contributed by atoms with Crippen molar-refractivity contribution in [2.24, 2.45) is 0 Å². The molecule has 2 heterocycles. The first-order chi connectivity index (χ1) is 9.81. The van der Waals surface area contributed by atoms with Gasteiger partial charge in [0.15, 0.2) is 0 Å². The predicted octanol–water partition coefficient (Wildman–Crippen LogP) is 1.54. The van der Waals surface area contributed by atoms with Gasteiger partial charge in [0.2, 0.25) is 11.1 Å². The highest BCUT2D eigenvalue weighted by Gasteiger charge is 2.33. The molecule has 0 spiro atoms. The smallest absolute Gasteiger partial charge is 0.407 e. The molecule has 0 aromatic carbocycles. The van der Waals surface area contributed by atoms with Crippen LogP contribution in [-0.2, 0) is 0 Å². The third kappa shape index (κ3) is 2.97.